The minimum absolute atomic E-state index is 0.488. The molecule has 3 heteroatoms. The largest absolute Gasteiger partial charge is 0.446 e. The highest BCUT2D eigenvalue weighted by Gasteiger charge is 2.35. The van der Waals surface area contributed by atoms with Crippen molar-refractivity contribution in [1.82, 2.24) is 4.98 Å². The molecule has 1 aromatic rings. The first kappa shape index (κ1) is 7.80. The van der Waals surface area contributed by atoms with Gasteiger partial charge in [-0.05, 0) is 12.8 Å². The van der Waals surface area contributed by atoms with Gasteiger partial charge in [0.15, 0.2) is 0 Å². The zero-order valence-corrected chi connectivity index (χ0v) is 6.99. The summed E-state index contributed by atoms with van der Waals surface area (Å²) in [4.78, 5) is 4.00. The molecule has 0 unspecified atom stereocenters. The van der Waals surface area contributed by atoms with Gasteiger partial charge in [-0.2, -0.15) is 0 Å². The fraction of sp³-hybridized carbons (Fsp3) is 0.667. The summed E-state index contributed by atoms with van der Waals surface area (Å²) >= 11 is 0. The van der Waals surface area contributed by atoms with Crippen molar-refractivity contribution in [2.75, 3.05) is 0 Å². The molecule has 1 saturated carbocycles. The minimum atomic E-state index is -0.776. The molecule has 3 nitrogen and oxygen atoms in total. The first-order valence-electron chi connectivity index (χ1n) is 4.44. The van der Waals surface area contributed by atoms with E-state index in [1.807, 2.05) is 0 Å². The molecule has 1 aliphatic carbocycles. The van der Waals surface area contributed by atoms with E-state index in [1.165, 1.54) is 12.7 Å². The van der Waals surface area contributed by atoms with E-state index in [0.29, 0.717) is 5.89 Å². The van der Waals surface area contributed by atoms with Crippen LogP contribution in [0.1, 0.15) is 38.0 Å². The number of hydrogen-bond acceptors (Lipinski definition) is 3. The molecular weight excluding hydrogens is 154 g/mol. The highest BCUT2D eigenvalue weighted by Crippen LogP contribution is 2.35. The van der Waals surface area contributed by atoms with Gasteiger partial charge in [-0.25, -0.2) is 4.98 Å². The van der Waals surface area contributed by atoms with Crippen LogP contribution in [0, 0.1) is 0 Å². The molecule has 12 heavy (non-hydrogen) atoms. The van der Waals surface area contributed by atoms with Gasteiger partial charge >= 0.3 is 0 Å². The van der Waals surface area contributed by atoms with Crippen molar-refractivity contribution < 1.29 is 9.52 Å². The number of nitrogens with zero attached hydrogens (tertiary/aromatic N) is 1. The van der Waals surface area contributed by atoms with Crippen LogP contribution >= 0.6 is 0 Å². The average molecular weight is 167 g/mol. The SMILES string of the molecule is OC1(c2ncco2)CCCCC1. The summed E-state index contributed by atoms with van der Waals surface area (Å²) in [5.41, 5.74) is -0.776. The molecule has 0 saturated heterocycles. The Labute approximate surface area is 71.4 Å². The molecular formula is C9H13NO2. The van der Waals surface area contributed by atoms with Crippen LogP contribution in [0.3, 0.4) is 0 Å². The molecule has 2 rings (SSSR count). The molecule has 1 N–H and O–H groups in total. The van der Waals surface area contributed by atoms with Crippen molar-refractivity contribution in [2.45, 2.75) is 37.7 Å². The maximum Gasteiger partial charge on any atom is 0.226 e. The summed E-state index contributed by atoms with van der Waals surface area (Å²) in [6.07, 6.45) is 8.02. The zero-order chi connectivity index (χ0) is 8.44. The number of aromatic nitrogens is 1. The van der Waals surface area contributed by atoms with Crippen LogP contribution in [0.25, 0.3) is 0 Å². The number of rotatable bonds is 1. The summed E-state index contributed by atoms with van der Waals surface area (Å²) in [6, 6.07) is 0. The second-order valence-electron chi connectivity index (χ2n) is 3.43. The Balaban J connectivity index is 2.19. The Morgan fingerprint density at radius 3 is 2.67 bits per heavy atom. The van der Waals surface area contributed by atoms with Gasteiger partial charge in [0.1, 0.15) is 11.9 Å². The highest BCUT2D eigenvalue weighted by atomic mass is 16.4. The second-order valence-corrected chi connectivity index (χ2v) is 3.43. The van der Waals surface area contributed by atoms with E-state index in [-0.39, 0.29) is 0 Å². The highest BCUT2D eigenvalue weighted by molar-refractivity contribution is 4.98. The van der Waals surface area contributed by atoms with Crippen molar-refractivity contribution >= 4 is 0 Å². The molecule has 0 atom stereocenters. The summed E-state index contributed by atoms with van der Waals surface area (Å²) < 4.78 is 5.11. The minimum Gasteiger partial charge on any atom is -0.446 e. The molecule has 0 aromatic carbocycles. The maximum atomic E-state index is 10.1. The fourth-order valence-corrected chi connectivity index (χ4v) is 1.80. The molecule has 1 heterocycles. The molecule has 0 amide bonds. The van der Waals surface area contributed by atoms with Gasteiger partial charge in [-0.1, -0.05) is 19.3 Å². The molecule has 0 spiro atoms. The standard InChI is InChI=1S/C9H13NO2/c11-9(4-2-1-3-5-9)8-10-6-7-12-8/h6-7,11H,1-5H2. The second kappa shape index (κ2) is 2.90. The Morgan fingerprint density at radius 1 is 1.33 bits per heavy atom. The van der Waals surface area contributed by atoms with Gasteiger partial charge in [0, 0.05) is 0 Å². The summed E-state index contributed by atoms with van der Waals surface area (Å²) in [5, 5.41) is 10.1. The maximum absolute atomic E-state index is 10.1. The van der Waals surface area contributed by atoms with Crippen LogP contribution in [0.2, 0.25) is 0 Å². The lowest BCUT2D eigenvalue weighted by atomic mass is 9.85. The quantitative estimate of drug-likeness (QED) is 0.694. The van der Waals surface area contributed by atoms with Gasteiger partial charge in [0.2, 0.25) is 5.89 Å². The van der Waals surface area contributed by atoms with Crippen molar-refractivity contribution in [3.8, 4) is 0 Å². The normalized spacial score (nSPS) is 22.4. The van der Waals surface area contributed by atoms with Crippen LogP contribution in [-0.4, -0.2) is 10.1 Å². The first-order chi connectivity index (χ1) is 5.81. The molecule has 66 valence electrons. The Bertz CT molecular complexity index is 237. The summed E-state index contributed by atoms with van der Waals surface area (Å²) in [7, 11) is 0. The topological polar surface area (TPSA) is 46.3 Å². The lowest BCUT2D eigenvalue weighted by Crippen LogP contribution is -2.28. The molecule has 0 aliphatic heterocycles. The lowest BCUT2D eigenvalue weighted by Gasteiger charge is -2.28. The third-order valence-corrected chi connectivity index (χ3v) is 2.51. The van der Waals surface area contributed by atoms with Gasteiger partial charge in [-0.3, -0.25) is 0 Å². The molecule has 1 aliphatic rings. The van der Waals surface area contributed by atoms with Gasteiger partial charge < -0.3 is 9.52 Å². The predicted molar refractivity (Wildman–Crippen MR) is 43.5 cm³/mol. The molecule has 0 radical (unpaired) electrons. The van der Waals surface area contributed by atoms with Crippen LogP contribution in [0.5, 0.6) is 0 Å². The van der Waals surface area contributed by atoms with Gasteiger partial charge in [0.05, 0.1) is 6.20 Å². The van der Waals surface area contributed by atoms with Crippen LogP contribution < -0.4 is 0 Å². The van der Waals surface area contributed by atoms with E-state index in [4.69, 9.17) is 4.42 Å². The molecule has 1 fully saturated rings. The van der Waals surface area contributed by atoms with E-state index in [2.05, 4.69) is 4.98 Å². The lowest BCUT2D eigenvalue weighted by molar-refractivity contribution is -0.0246. The fourth-order valence-electron chi connectivity index (χ4n) is 1.80. The predicted octanol–water partition coefficient (Wildman–Crippen LogP) is 1.83. The van der Waals surface area contributed by atoms with Crippen LogP contribution in [-0.2, 0) is 5.60 Å². The Kier molecular flexibility index (Phi) is 1.89. The van der Waals surface area contributed by atoms with Crippen molar-refractivity contribution in [3.63, 3.8) is 0 Å². The van der Waals surface area contributed by atoms with E-state index < -0.39 is 5.60 Å². The zero-order valence-electron chi connectivity index (χ0n) is 6.99. The monoisotopic (exact) mass is 167 g/mol. The number of aliphatic hydroxyl groups is 1. The van der Waals surface area contributed by atoms with E-state index in [1.54, 1.807) is 6.20 Å². The smallest absolute Gasteiger partial charge is 0.226 e. The average Bonchev–Trinajstić information content (AvgIpc) is 2.58. The van der Waals surface area contributed by atoms with Crippen LogP contribution in [0.4, 0.5) is 0 Å². The van der Waals surface area contributed by atoms with Gasteiger partial charge in [0.25, 0.3) is 0 Å². The summed E-state index contributed by atoms with van der Waals surface area (Å²) in [5.74, 6) is 0.488. The third-order valence-electron chi connectivity index (χ3n) is 2.51. The van der Waals surface area contributed by atoms with E-state index in [9.17, 15) is 5.11 Å². The van der Waals surface area contributed by atoms with E-state index in [0.717, 1.165) is 25.7 Å². The third kappa shape index (κ3) is 1.25. The molecule has 0 bridgehead atoms. The van der Waals surface area contributed by atoms with E-state index >= 15 is 0 Å². The van der Waals surface area contributed by atoms with Crippen molar-refractivity contribution in [1.29, 1.82) is 0 Å². The van der Waals surface area contributed by atoms with Crippen molar-refractivity contribution in [2.24, 2.45) is 0 Å². The number of oxazole rings is 1. The number of hydrogen-bond donors (Lipinski definition) is 1. The Hall–Kier alpha value is -0.830. The van der Waals surface area contributed by atoms with Crippen molar-refractivity contribution in [3.05, 3.63) is 18.4 Å². The molecule has 1 aromatic heterocycles. The Morgan fingerprint density at radius 2 is 2.08 bits per heavy atom. The van der Waals surface area contributed by atoms with Gasteiger partial charge in [-0.15, -0.1) is 0 Å². The summed E-state index contributed by atoms with van der Waals surface area (Å²) in [6.45, 7) is 0. The van der Waals surface area contributed by atoms with Crippen LogP contribution in [0.15, 0.2) is 16.9 Å². The first-order valence-corrected chi connectivity index (χ1v) is 4.44.